The first kappa shape index (κ1) is 21.5. The minimum atomic E-state index is 0.826. The van der Waals surface area contributed by atoms with E-state index in [0.717, 1.165) is 57.4 Å². The summed E-state index contributed by atoms with van der Waals surface area (Å²) in [6.45, 7) is 12.4. The molecule has 0 bridgehead atoms. The van der Waals surface area contributed by atoms with Crippen LogP contribution in [0.4, 0.5) is 0 Å². The first-order valence-corrected chi connectivity index (χ1v) is 10.2. The molecule has 1 aliphatic heterocycles. The Morgan fingerprint density at radius 3 is 2.81 bits per heavy atom. The molecule has 0 radical (unpaired) electrons. The van der Waals surface area contributed by atoms with Gasteiger partial charge >= 0.3 is 0 Å². The van der Waals surface area contributed by atoms with E-state index in [1.54, 1.807) is 7.11 Å². The molecule has 1 heterocycles. The third-order valence-corrected chi connectivity index (χ3v) is 4.97. The Morgan fingerprint density at radius 1 is 1.19 bits per heavy atom. The molecule has 0 aromatic heterocycles. The maximum absolute atomic E-state index is 5.47. The van der Waals surface area contributed by atoms with Crippen LogP contribution in [0.15, 0.2) is 23.2 Å². The van der Waals surface area contributed by atoms with Gasteiger partial charge in [0.15, 0.2) is 5.96 Å². The number of nitrogens with one attached hydrogen (secondary N) is 2. The minimum Gasteiger partial charge on any atom is -0.496 e. The molecule has 0 atom stereocenters. The van der Waals surface area contributed by atoms with E-state index in [1.165, 1.54) is 30.6 Å². The van der Waals surface area contributed by atoms with Gasteiger partial charge in [-0.2, -0.15) is 0 Å². The lowest BCUT2D eigenvalue weighted by Crippen LogP contribution is -2.39. The summed E-state index contributed by atoms with van der Waals surface area (Å²) in [7, 11) is 3.94. The van der Waals surface area contributed by atoms with Crippen molar-refractivity contribution in [3.05, 3.63) is 29.3 Å². The predicted molar refractivity (Wildman–Crippen MR) is 114 cm³/mol. The van der Waals surface area contributed by atoms with Crippen molar-refractivity contribution in [2.45, 2.75) is 26.7 Å². The van der Waals surface area contributed by atoms with Crippen LogP contribution in [0.5, 0.6) is 5.75 Å². The minimum absolute atomic E-state index is 0.826. The van der Waals surface area contributed by atoms with E-state index in [1.807, 2.05) is 6.07 Å². The number of hydrogen-bond acceptors (Lipinski definition) is 4. The van der Waals surface area contributed by atoms with E-state index >= 15 is 0 Å². The highest BCUT2D eigenvalue weighted by atomic mass is 16.5. The Bertz CT molecular complexity index is 590. The van der Waals surface area contributed by atoms with Crippen molar-refractivity contribution in [2.75, 3.05) is 66.5 Å². The number of nitrogens with zero attached hydrogens (tertiary/aromatic N) is 3. The van der Waals surface area contributed by atoms with Gasteiger partial charge in [-0.3, -0.25) is 4.99 Å². The zero-order valence-electron chi connectivity index (χ0n) is 17.6. The average Bonchev–Trinajstić information content (AvgIpc) is 2.86. The Kier molecular flexibility index (Phi) is 9.42. The molecule has 0 aliphatic carbocycles. The second-order valence-electron chi connectivity index (χ2n) is 7.25. The molecule has 0 saturated carbocycles. The summed E-state index contributed by atoms with van der Waals surface area (Å²) in [4.78, 5) is 9.69. The number of methoxy groups -OCH3 is 1. The van der Waals surface area contributed by atoms with Gasteiger partial charge in [0.05, 0.1) is 13.7 Å². The highest BCUT2D eigenvalue weighted by Crippen LogP contribution is 2.19. The number of likely N-dealkylation sites (N-methyl/N-ethyl adjacent to an activating group) is 1. The molecule has 0 amide bonds. The number of ether oxygens (including phenoxy) is 1. The number of hydrogen-bond donors (Lipinski definition) is 2. The van der Waals surface area contributed by atoms with Gasteiger partial charge < -0.3 is 25.2 Å². The molecule has 1 saturated heterocycles. The molecule has 0 spiro atoms. The smallest absolute Gasteiger partial charge is 0.191 e. The van der Waals surface area contributed by atoms with Gasteiger partial charge in [0, 0.05) is 32.7 Å². The Hall–Kier alpha value is -1.79. The van der Waals surface area contributed by atoms with Gasteiger partial charge in [0.25, 0.3) is 0 Å². The van der Waals surface area contributed by atoms with Crippen LogP contribution in [0.2, 0.25) is 0 Å². The molecule has 2 rings (SSSR count). The van der Waals surface area contributed by atoms with Crippen molar-refractivity contribution < 1.29 is 4.74 Å². The average molecular weight is 376 g/mol. The summed E-state index contributed by atoms with van der Waals surface area (Å²) in [5.41, 5.74) is 2.49. The summed E-state index contributed by atoms with van der Waals surface area (Å²) >= 11 is 0. The fraction of sp³-hybridized carbons (Fsp3) is 0.667. The fourth-order valence-corrected chi connectivity index (χ4v) is 3.39. The molecular weight excluding hydrogens is 338 g/mol. The molecule has 27 heavy (non-hydrogen) atoms. The zero-order chi connectivity index (χ0) is 19.5. The lowest BCUT2D eigenvalue weighted by Gasteiger charge is -2.19. The Morgan fingerprint density at radius 2 is 2.04 bits per heavy atom. The van der Waals surface area contributed by atoms with E-state index in [2.05, 4.69) is 53.5 Å². The molecule has 0 unspecified atom stereocenters. The van der Waals surface area contributed by atoms with Crippen LogP contribution in [-0.2, 0) is 6.42 Å². The van der Waals surface area contributed by atoms with Gasteiger partial charge in [-0.15, -0.1) is 0 Å². The zero-order valence-corrected chi connectivity index (χ0v) is 17.6. The highest BCUT2D eigenvalue weighted by Gasteiger charge is 2.11. The number of guanidine groups is 1. The third-order valence-electron chi connectivity index (χ3n) is 4.97. The van der Waals surface area contributed by atoms with E-state index in [4.69, 9.17) is 9.73 Å². The van der Waals surface area contributed by atoms with Gasteiger partial charge in [0.1, 0.15) is 5.75 Å². The summed E-state index contributed by atoms with van der Waals surface area (Å²) in [6.07, 6.45) is 2.16. The first-order chi connectivity index (χ1) is 13.1. The van der Waals surface area contributed by atoms with E-state index < -0.39 is 0 Å². The standard InChI is InChI=1S/C21H37N5O/c1-5-22-21(24-11-14-26-13-6-12-25(3)15-16-26)23-10-9-19-17-18(2)7-8-20(19)27-4/h7-8,17H,5-6,9-16H2,1-4H3,(H2,22,23,24). The number of aryl methyl sites for hydroxylation is 1. The predicted octanol–water partition coefficient (Wildman–Crippen LogP) is 1.74. The van der Waals surface area contributed by atoms with Crippen LogP contribution < -0.4 is 15.4 Å². The maximum atomic E-state index is 5.47. The van der Waals surface area contributed by atoms with Gasteiger partial charge in [-0.05, 0) is 58.5 Å². The number of aliphatic imine (C=N–C) groups is 1. The summed E-state index contributed by atoms with van der Waals surface area (Å²) < 4.78 is 5.47. The molecule has 1 aromatic carbocycles. The SMILES string of the molecule is CCNC(=NCCN1CCCN(C)CC1)NCCc1cc(C)ccc1OC. The molecule has 1 aliphatic rings. The first-order valence-electron chi connectivity index (χ1n) is 10.2. The van der Waals surface area contributed by atoms with Gasteiger partial charge in [-0.1, -0.05) is 17.7 Å². The third kappa shape index (κ3) is 7.77. The Labute approximate surface area is 165 Å². The summed E-state index contributed by atoms with van der Waals surface area (Å²) in [5, 5.41) is 6.80. The van der Waals surface area contributed by atoms with Crippen LogP contribution in [0.1, 0.15) is 24.5 Å². The van der Waals surface area contributed by atoms with E-state index in [-0.39, 0.29) is 0 Å². The second kappa shape index (κ2) is 11.8. The van der Waals surface area contributed by atoms with Crippen LogP contribution in [0.3, 0.4) is 0 Å². The molecule has 6 heteroatoms. The quantitative estimate of drug-likeness (QED) is 0.535. The van der Waals surface area contributed by atoms with E-state index in [9.17, 15) is 0 Å². The van der Waals surface area contributed by atoms with Gasteiger partial charge in [-0.25, -0.2) is 0 Å². The van der Waals surface area contributed by atoms with Crippen molar-refractivity contribution in [3.63, 3.8) is 0 Å². The van der Waals surface area contributed by atoms with Crippen LogP contribution in [-0.4, -0.2) is 82.3 Å². The van der Waals surface area contributed by atoms with Crippen molar-refractivity contribution in [2.24, 2.45) is 4.99 Å². The van der Waals surface area contributed by atoms with Crippen LogP contribution >= 0.6 is 0 Å². The maximum Gasteiger partial charge on any atom is 0.191 e. The molecule has 6 nitrogen and oxygen atoms in total. The van der Waals surface area contributed by atoms with Crippen LogP contribution in [0, 0.1) is 6.92 Å². The van der Waals surface area contributed by atoms with Crippen molar-refractivity contribution >= 4 is 5.96 Å². The molecule has 1 aromatic rings. The summed E-state index contributed by atoms with van der Waals surface area (Å²) in [5.74, 6) is 1.85. The molecule has 152 valence electrons. The van der Waals surface area contributed by atoms with Crippen LogP contribution in [0.25, 0.3) is 0 Å². The van der Waals surface area contributed by atoms with Crippen molar-refractivity contribution in [1.29, 1.82) is 0 Å². The lowest BCUT2D eigenvalue weighted by molar-refractivity contribution is 0.283. The number of rotatable bonds is 8. The van der Waals surface area contributed by atoms with Crippen molar-refractivity contribution in [1.82, 2.24) is 20.4 Å². The van der Waals surface area contributed by atoms with Crippen molar-refractivity contribution in [3.8, 4) is 5.75 Å². The second-order valence-corrected chi connectivity index (χ2v) is 7.25. The molecular formula is C21H37N5O. The molecule has 2 N–H and O–H groups in total. The highest BCUT2D eigenvalue weighted by molar-refractivity contribution is 5.79. The fourth-order valence-electron chi connectivity index (χ4n) is 3.39. The van der Waals surface area contributed by atoms with E-state index in [0.29, 0.717) is 0 Å². The Balaban J connectivity index is 1.80. The van der Waals surface area contributed by atoms with Gasteiger partial charge in [0.2, 0.25) is 0 Å². The lowest BCUT2D eigenvalue weighted by atomic mass is 10.1. The largest absolute Gasteiger partial charge is 0.496 e. The number of benzene rings is 1. The monoisotopic (exact) mass is 375 g/mol. The normalized spacial score (nSPS) is 16.8. The summed E-state index contributed by atoms with van der Waals surface area (Å²) in [6, 6.07) is 6.32. The topological polar surface area (TPSA) is 52.1 Å². The molecule has 1 fully saturated rings.